The van der Waals surface area contributed by atoms with Gasteiger partial charge in [-0.15, -0.1) is 0 Å². The highest BCUT2D eigenvalue weighted by molar-refractivity contribution is 5.98. The van der Waals surface area contributed by atoms with Crippen molar-refractivity contribution in [1.29, 1.82) is 0 Å². The third-order valence-electron chi connectivity index (χ3n) is 2.65. The number of rotatable bonds is 4. The summed E-state index contributed by atoms with van der Waals surface area (Å²) in [4.78, 5) is 18.7. The van der Waals surface area contributed by atoms with Crippen LogP contribution < -0.4 is 16.2 Å². The number of carbonyl (C=O) groups excluding carboxylic acids is 1. The lowest BCUT2D eigenvalue weighted by Crippen LogP contribution is -2.21. The van der Waals surface area contributed by atoms with Gasteiger partial charge in [0.15, 0.2) is 5.96 Å². The minimum Gasteiger partial charge on any atom is -0.494 e. The zero-order valence-electron chi connectivity index (χ0n) is 11.3. The molecule has 0 aliphatic heterocycles. The van der Waals surface area contributed by atoms with Gasteiger partial charge in [-0.25, -0.2) is 9.79 Å². The molecule has 5 N–H and O–H groups in total. The van der Waals surface area contributed by atoms with Crippen molar-refractivity contribution in [2.75, 3.05) is 13.7 Å². The predicted octanol–water partition coefficient (Wildman–Crippen LogP) is 1.26. The van der Waals surface area contributed by atoms with Crippen molar-refractivity contribution in [2.45, 2.75) is 6.92 Å². The second-order valence-electron chi connectivity index (χ2n) is 4.05. The van der Waals surface area contributed by atoms with E-state index in [-0.39, 0.29) is 5.96 Å². The summed E-state index contributed by atoms with van der Waals surface area (Å²) >= 11 is 0. The van der Waals surface area contributed by atoms with E-state index in [2.05, 4.69) is 9.98 Å². The smallest absolute Gasteiger partial charge is 0.354 e. The number of hydrogen-bond acceptors (Lipinski definition) is 4. The quantitative estimate of drug-likeness (QED) is 0.441. The van der Waals surface area contributed by atoms with Crippen molar-refractivity contribution < 1.29 is 14.3 Å². The van der Waals surface area contributed by atoms with Crippen LogP contribution in [0.4, 0.5) is 5.69 Å². The van der Waals surface area contributed by atoms with Crippen LogP contribution in [0.5, 0.6) is 5.75 Å². The Hall–Kier alpha value is -2.70. The fraction of sp³-hybridized carbons (Fsp3) is 0.231. The number of nitrogens with one attached hydrogen (secondary N) is 1. The number of nitrogens with zero attached hydrogens (tertiary/aromatic N) is 1. The summed E-state index contributed by atoms with van der Waals surface area (Å²) in [6.07, 6.45) is 0. The van der Waals surface area contributed by atoms with E-state index in [4.69, 9.17) is 20.9 Å². The number of carbonyl (C=O) groups is 1. The minimum atomic E-state index is -0.422. The van der Waals surface area contributed by atoms with Gasteiger partial charge in [-0.1, -0.05) is 0 Å². The average Bonchev–Trinajstić information content (AvgIpc) is 2.81. The van der Waals surface area contributed by atoms with E-state index in [0.29, 0.717) is 29.3 Å². The summed E-state index contributed by atoms with van der Waals surface area (Å²) in [5, 5.41) is 0.757. The number of esters is 1. The molecule has 0 unspecified atom stereocenters. The molecule has 1 heterocycles. The number of aromatic nitrogens is 1. The van der Waals surface area contributed by atoms with Gasteiger partial charge in [-0.3, -0.25) is 0 Å². The molecule has 0 spiro atoms. The number of fused-ring (bicyclic) bond motifs is 1. The number of methoxy groups -OCH3 is 1. The first kappa shape index (κ1) is 13.7. The predicted molar refractivity (Wildman–Crippen MR) is 76.3 cm³/mol. The van der Waals surface area contributed by atoms with E-state index in [9.17, 15) is 4.79 Å². The molecule has 0 bridgehead atoms. The Morgan fingerprint density at radius 3 is 2.70 bits per heavy atom. The molecule has 7 nitrogen and oxygen atoms in total. The van der Waals surface area contributed by atoms with Gasteiger partial charge in [-0.05, 0) is 19.1 Å². The Bertz CT molecular complexity index is 672. The van der Waals surface area contributed by atoms with Crippen molar-refractivity contribution in [3.8, 4) is 5.75 Å². The van der Waals surface area contributed by atoms with Gasteiger partial charge in [0.25, 0.3) is 0 Å². The highest BCUT2D eigenvalue weighted by atomic mass is 16.5. The first-order valence-corrected chi connectivity index (χ1v) is 6.02. The van der Waals surface area contributed by atoms with Crippen molar-refractivity contribution in [3.63, 3.8) is 0 Å². The maximum atomic E-state index is 11.7. The van der Waals surface area contributed by atoms with E-state index >= 15 is 0 Å². The molecule has 20 heavy (non-hydrogen) atoms. The van der Waals surface area contributed by atoms with E-state index in [1.54, 1.807) is 25.1 Å². The third-order valence-corrected chi connectivity index (χ3v) is 2.65. The van der Waals surface area contributed by atoms with Crippen LogP contribution in [0.15, 0.2) is 23.2 Å². The molecule has 0 radical (unpaired) electrons. The summed E-state index contributed by atoms with van der Waals surface area (Å²) in [5.41, 5.74) is 12.3. The molecule has 0 saturated heterocycles. The van der Waals surface area contributed by atoms with Gasteiger partial charge < -0.3 is 25.9 Å². The number of aromatic amines is 1. The molecule has 0 atom stereocenters. The third kappa shape index (κ3) is 2.66. The second kappa shape index (κ2) is 5.52. The maximum absolute atomic E-state index is 11.7. The Morgan fingerprint density at radius 2 is 2.10 bits per heavy atom. The summed E-state index contributed by atoms with van der Waals surface area (Å²) in [6, 6.07) is 5.09. The van der Waals surface area contributed by atoms with Crippen molar-refractivity contribution in [3.05, 3.63) is 23.9 Å². The highest BCUT2D eigenvalue weighted by Gasteiger charge is 2.14. The number of aliphatic imine (C=N–C) groups is 1. The Kier molecular flexibility index (Phi) is 3.79. The molecule has 0 fully saturated rings. The zero-order valence-corrected chi connectivity index (χ0v) is 11.3. The topological polar surface area (TPSA) is 116 Å². The van der Waals surface area contributed by atoms with E-state index in [0.717, 1.165) is 5.39 Å². The van der Waals surface area contributed by atoms with Crippen molar-refractivity contribution >= 4 is 28.5 Å². The molecule has 0 amide bonds. The Balaban J connectivity index is 2.55. The average molecular weight is 276 g/mol. The molecule has 2 aromatic rings. The number of benzene rings is 1. The van der Waals surface area contributed by atoms with Crippen LogP contribution in [0, 0.1) is 0 Å². The molecule has 2 rings (SSSR count). The van der Waals surface area contributed by atoms with Gasteiger partial charge in [0.05, 0.1) is 24.9 Å². The maximum Gasteiger partial charge on any atom is 0.354 e. The lowest BCUT2D eigenvalue weighted by atomic mass is 10.2. The monoisotopic (exact) mass is 276 g/mol. The van der Waals surface area contributed by atoms with Crippen LogP contribution in [0.1, 0.15) is 17.4 Å². The molecule has 0 aliphatic carbocycles. The summed E-state index contributed by atoms with van der Waals surface area (Å²) in [7, 11) is 1.53. The number of guanidine groups is 1. The fourth-order valence-corrected chi connectivity index (χ4v) is 1.89. The van der Waals surface area contributed by atoms with Crippen LogP contribution in [0.2, 0.25) is 0 Å². The van der Waals surface area contributed by atoms with Gasteiger partial charge in [-0.2, -0.15) is 0 Å². The summed E-state index contributed by atoms with van der Waals surface area (Å²) in [5.74, 6) is 0.0692. The molecule has 0 aliphatic rings. The standard InChI is InChI=1S/C13H16N4O3/c1-3-20-12(18)9-5-7-4-8(16-13(14)15)6-10(19-2)11(7)17-9/h4-6,17H,3H2,1-2H3,(H4,14,15,16). The lowest BCUT2D eigenvalue weighted by molar-refractivity contribution is 0.0520. The highest BCUT2D eigenvalue weighted by Crippen LogP contribution is 2.31. The first-order valence-electron chi connectivity index (χ1n) is 6.02. The Labute approximate surface area is 115 Å². The molecule has 106 valence electrons. The van der Waals surface area contributed by atoms with Crippen LogP contribution in [0.25, 0.3) is 10.9 Å². The van der Waals surface area contributed by atoms with Crippen molar-refractivity contribution in [2.24, 2.45) is 16.5 Å². The van der Waals surface area contributed by atoms with Gasteiger partial charge in [0.2, 0.25) is 0 Å². The fourth-order valence-electron chi connectivity index (χ4n) is 1.89. The van der Waals surface area contributed by atoms with E-state index in [1.807, 2.05) is 0 Å². The van der Waals surface area contributed by atoms with Crippen LogP contribution in [-0.4, -0.2) is 30.6 Å². The number of ether oxygens (including phenoxy) is 2. The van der Waals surface area contributed by atoms with Crippen LogP contribution in [0.3, 0.4) is 0 Å². The molecular formula is C13H16N4O3. The van der Waals surface area contributed by atoms with Crippen LogP contribution >= 0.6 is 0 Å². The number of H-pyrrole nitrogens is 1. The first-order chi connectivity index (χ1) is 9.55. The molecule has 0 saturated carbocycles. The molecule has 7 heteroatoms. The largest absolute Gasteiger partial charge is 0.494 e. The number of hydrogen-bond donors (Lipinski definition) is 3. The normalized spacial score (nSPS) is 10.3. The van der Waals surface area contributed by atoms with Crippen molar-refractivity contribution in [1.82, 2.24) is 4.98 Å². The van der Waals surface area contributed by atoms with Crippen LogP contribution in [-0.2, 0) is 4.74 Å². The molecular weight excluding hydrogens is 260 g/mol. The lowest BCUT2D eigenvalue weighted by Gasteiger charge is -2.03. The molecule has 1 aromatic carbocycles. The molecule has 1 aromatic heterocycles. The Morgan fingerprint density at radius 1 is 1.35 bits per heavy atom. The summed E-state index contributed by atoms with van der Waals surface area (Å²) < 4.78 is 10.2. The van der Waals surface area contributed by atoms with Gasteiger partial charge in [0, 0.05) is 11.5 Å². The number of nitrogens with two attached hydrogens (primary N) is 2. The van der Waals surface area contributed by atoms with Gasteiger partial charge >= 0.3 is 5.97 Å². The zero-order chi connectivity index (χ0) is 14.7. The second-order valence-corrected chi connectivity index (χ2v) is 4.05. The van der Waals surface area contributed by atoms with E-state index < -0.39 is 5.97 Å². The van der Waals surface area contributed by atoms with Gasteiger partial charge in [0.1, 0.15) is 11.4 Å². The van der Waals surface area contributed by atoms with E-state index in [1.165, 1.54) is 7.11 Å². The summed E-state index contributed by atoms with van der Waals surface area (Å²) in [6.45, 7) is 2.06. The minimum absolute atomic E-state index is 0.0486. The SMILES string of the molecule is CCOC(=O)c1cc2cc(N=C(N)N)cc(OC)c2[nH]1.